The molecule has 1 heterocycles. The Hall–Kier alpha value is -1.16. The summed E-state index contributed by atoms with van der Waals surface area (Å²) in [5.74, 6) is 0. The molecule has 1 N–H and O–H groups in total. The molecule has 1 saturated carbocycles. The van der Waals surface area contributed by atoms with E-state index in [2.05, 4.69) is 4.98 Å². The van der Waals surface area contributed by atoms with Gasteiger partial charge in [0, 0.05) is 18.8 Å². The molecule has 4 nitrogen and oxygen atoms in total. The molecule has 2 rings (SSSR count). The molecular weight excluding hydrogens is 168 g/mol. The lowest BCUT2D eigenvalue weighted by atomic mass is 10.2. The molecule has 1 fully saturated rings. The fraction of sp³-hybridized carbons (Fsp3) is 0.556. The first-order chi connectivity index (χ1) is 6.20. The highest BCUT2D eigenvalue weighted by Gasteiger charge is 2.39. The number of aliphatic hydroxyl groups is 1. The maximum atomic E-state index is 11.2. The van der Waals surface area contributed by atoms with E-state index in [1.165, 1.54) is 23.2 Å². The second-order valence-corrected chi connectivity index (χ2v) is 3.59. The summed E-state index contributed by atoms with van der Waals surface area (Å²) in [6.07, 6.45) is 5.36. The van der Waals surface area contributed by atoms with Gasteiger partial charge in [-0.1, -0.05) is 0 Å². The summed E-state index contributed by atoms with van der Waals surface area (Å²) in [6.45, 7) is 0.559. The molecule has 70 valence electrons. The lowest BCUT2D eigenvalue weighted by molar-refractivity contribution is 0.133. The van der Waals surface area contributed by atoms with Crippen LogP contribution in [0.2, 0.25) is 0 Å². The third kappa shape index (κ3) is 1.95. The van der Waals surface area contributed by atoms with Gasteiger partial charge in [0.2, 0.25) is 0 Å². The molecule has 0 spiro atoms. The Morgan fingerprint density at radius 1 is 1.62 bits per heavy atom. The highest BCUT2D eigenvalue weighted by molar-refractivity contribution is 4.93. The number of nitrogens with zero attached hydrogens (tertiary/aromatic N) is 2. The van der Waals surface area contributed by atoms with Gasteiger partial charge in [-0.2, -0.15) is 0 Å². The van der Waals surface area contributed by atoms with Crippen molar-refractivity contribution in [3.63, 3.8) is 0 Å². The van der Waals surface area contributed by atoms with Crippen LogP contribution in [0.3, 0.4) is 0 Å². The largest absolute Gasteiger partial charge is 0.390 e. The normalized spacial score (nSPS) is 18.5. The van der Waals surface area contributed by atoms with Gasteiger partial charge in [-0.05, 0) is 19.3 Å². The van der Waals surface area contributed by atoms with Crippen molar-refractivity contribution >= 4 is 0 Å². The molecule has 0 radical (unpaired) electrons. The van der Waals surface area contributed by atoms with E-state index in [9.17, 15) is 9.90 Å². The van der Waals surface area contributed by atoms with Gasteiger partial charge in [-0.25, -0.2) is 4.98 Å². The summed E-state index contributed by atoms with van der Waals surface area (Å²) < 4.78 is 1.52. The predicted molar refractivity (Wildman–Crippen MR) is 47.3 cm³/mol. The van der Waals surface area contributed by atoms with E-state index >= 15 is 0 Å². The maximum Gasteiger partial charge on any atom is 0.253 e. The Morgan fingerprint density at radius 3 is 3.00 bits per heavy atom. The van der Waals surface area contributed by atoms with Crippen LogP contribution < -0.4 is 5.56 Å². The van der Waals surface area contributed by atoms with Crippen LogP contribution >= 0.6 is 0 Å². The molecule has 1 aromatic rings. The number of rotatable bonds is 3. The molecule has 13 heavy (non-hydrogen) atoms. The summed E-state index contributed by atoms with van der Waals surface area (Å²) >= 11 is 0. The van der Waals surface area contributed by atoms with Crippen molar-refractivity contribution in [2.45, 2.75) is 31.4 Å². The minimum Gasteiger partial charge on any atom is -0.390 e. The number of aryl methyl sites for hydroxylation is 1. The van der Waals surface area contributed by atoms with Crippen molar-refractivity contribution in [3.8, 4) is 0 Å². The average molecular weight is 180 g/mol. The average Bonchev–Trinajstić information content (AvgIpc) is 2.83. The second-order valence-electron chi connectivity index (χ2n) is 3.59. The van der Waals surface area contributed by atoms with Crippen LogP contribution in [-0.4, -0.2) is 20.3 Å². The van der Waals surface area contributed by atoms with Crippen molar-refractivity contribution in [1.29, 1.82) is 0 Å². The molecule has 4 heteroatoms. The predicted octanol–water partition coefficient (Wildman–Crippen LogP) is 0.158. The molecule has 0 aromatic carbocycles. The third-order valence-electron chi connectivity index (χ3n) is 2.44. The Bertz CT molecular complexity index is 355. The zero-order valence-corrected chi connectivity index (χ0v) is 7.31. The number of hydrogen-bond donors (Lipinski definition) is 1. The van der Waals surface area contributed by atoms with E-state index in [1.807, 2.05) is 0 Å². The minimum absolute atomic E-state index is 0.0562. The van der Waals surface area contributed by atoms with Gasteiger partial charge in [-0.3, -0.25) is 9.36 Å². The van der Waals surface area contributed by atoms with Gasteiger partial charge in [0.15, 0.2) is 0 Å². The maximum absolute atomic E-state index is 11.2. The second kappa shape index (κ2) is 2.96. The van der Waals surface area contributed by atoms with Crippen molar-refractivity contribution in [1.82, 2.24) is 9.55 Å². The van der Waals surface area contributed by atoms with Crippen LogP contribution in [0.1, 0.15) is 19.3 Å². The molecule has 0 atom stereocenters. The first-order valence-electron chi connectivity index (χ1n) is 4.42. The van der Waals surface area contributed by atoms with Crippen molar-refractivity contribution in [3.05, 3.63) is 28.9 Å². The Labute approximate surface area is 75.9 Å². The summed E-state index contributed by atoms with van der Waals surface area (Å²) in [4.78, 5) is 15.0. The van der Waals surface area contributed by atoms with Gasteiger partial charge in [-0.15, -0.1) is 0 Å². The van der Waals surface area contributed by atoms with E-state index in [-0.39, 0.29) is 5.56 Å². The quantitative estimate of drug-likeness (QED) is 0.720. The SMILES string of the molecule is O=c1ccncn1CCC1(O)CC1. The summed E-state index contributed by atoms with van der Waals surface area (Å²) in [5.41, 5.74) is -0.547. The fourth-order valence-corrected chi connectivity index (χ4v) is 1.27. The topological polar surface area (TPSA) is 55.1 Å². The summed E-state index contributed by atoms with van der Waals surface area (Å²) in [5, 5.41) is 9.55. The molecule has 1 aliphatic carbocycles. The number of aromatic nitrogens is 2. The minimum atomic E-state index is -0.491. The highest BCUT2D eigenvalue weighted by atomic mass is 16.3. The van der Waals surface area contributed by atoms with E-state index < -0.39 is 5.60 Å². The van der Waals surface area contributed by atoms with Gasteiger partial charge < -0.3 is 5.11 Å². The summed E-state index contributed by atoms with van der Waals surface area (Å²) in [7, 11) is 0. The van der Waals surface area contributed by atoms with Crippen molar-refractivity contribution in [2.75, 3.05) is 0 Å². The Morgan fingerprint density at radius 2 is 2.38 bits per heavy atom. The van der Waals surface area contributed by atoms with Crippen LogP contribution in [-0.2, 0) is 6.54 Å². The molecule has 0 amide bonds. The van der Waals surface area contributed by atoms with Gasteiger partial charge in [0.1, 0.15) is 0 Å². The molecule has 0 aliphatic heterocycles. The molecule has 1 aromatic heterocycles. The first kappa shape index (κ1) is 8.44. The molecule has 1 aliphatic rings. The van der Waals surface area contributed by atoms with Crippen LogP contribution in [0, 0.1) is 0 Å². The van der Waals surface area contributed by atoms with Gasteiger partial charge in [0.05, 0.1) is 11.9 Å². The zero-order chi connectivity index (χ0) is 9.31. The van der Waals surface area contributed by atoms with E-state index in [0.29, 0.717) is 13.0 Å². The lowest BCUT2D eigenvalue weighted by Crippen LogP contribution is -2.22. The standard InChI is InChI=1S/C9H12N2O2/c12-8-1-5-10-7-11(8)6-4-9(13)2-3-9/h1,5,7,13H,2-4,6H2. The van der Waals surface area contributed by atoms with Crippen LogP contribution in [0.25, 0.3) is 0 Å². The van der Waals surface area contributed by atoms with Gasteiger partial charge >= 0.3 is 0 Å². The zero-order valence-electron chi connectivity index (χ0n) is 7.31. The molecule has 0 saturated heterocycles. The van der Waals surface area contributed by atoms with Crippen LogP contribution in [0.5, 0.6) is 0 Å². The Kier molecular flexibility index (Phi) is 1.92. The molecule has 0 bridgehead atoms. The molecular formula is C9H12N2O2. The lowest BCUT2D eigenvalue weighted by Gasteiger charge is -2.07. The van der Waals surface area contributed by atoms with Crippen LogP contribution in [0.4, 0.5) is 0 Å². The first-order valence-corrected chi connectivity index (χ1v) is 4.42. The van der Waals surface area contributed by atoms with Crippen LogP contribution in [0.15, 0.2) is 23.4 Å². The van der Waals surface area contributed by atoms with E-state index in [1.54, 1.807) is 0 Å². The van der Waals surface area contributed by atoms with E-state index in [0.717, 1.165) is 12.8 Å². The highest BCUT2D eigenvalue weighted by Crippen LogP contribution is 2.38. The number of hydrogen-bond acceptors (Lipinski definition) is 3. The smallest absolute Gasteiger partial charge is 0.253 e. The third-order valence-corrected chi connectivity index (χ3v) is 2.44. The Balaban J connectivity index is 2.02. The van der Waals surface area contributed by atoms with E-state index in [4.69, 9.17) is 0 Å². The van der Waals surface area contributed by atoms with Gasteiger partial charge in [0.25, 0.3) is 5.56 Å². The van der Waals surface area contributed by atoms with Crippen molar-refractivity contribution < 1.29 is 5.11 Å². The monoisotopic (exact) mass is 180 g/mol. The fourth-order valence-electron chi connectivity index (χ4n) is 1.27. The summed E-state index contributed by atoms with van der Waals surface area (Å²) in [6, 6.07) is 1.43. The van der Waals surface area contributed by atoms with Crippen molar-refractivity contribution in [2.24, 2.45) is 0 Å². The molecule has 0 unspecified atom stereocenters.